The highest BCUT2D eigenvalue weighted by molar-refractivity contribution is 7.99. The average Bonchev–Trinajstić information content (AvgIpc) is 3.17. The molecule has 4 aromatic rings. The van der Waals surface area contributed by atoms with Crippen LogP contribution >= 0.6 is 23.1 Å². The first kappa shape index (κ1) is 21.0. The number of amides is 1. The van der Waals surface area contributed by atoms with Gasteiger partial charge in [-0.25, -0.2) is 4.98 Å². The van der Waals surface area contributed by atoms with Crippen LogP contribution in [0.2, 0.25) is 0 Å². The monoisotopic (exact) mass is 465 g/mol. The first-order valence-corrected chi connectivity index (χ1v) is 12.5. The van der Waals surface area contributed by atoms with Gasteiger partial charge in [0.15, 0.2) is 10.3 Å². The fraction of sp³-hybridized carbons (Fsp3) is 0.304. The summed E-state index contributed by atoms with van der Waals surface area (Å²) in [6.45, 7) is 2.71. The lowest BCUT2D eigenvalue weighted by Gasteiger charge is -2.08. The van der Waals surface area contributed by atoms with Gasteiger partial charge in [-0.2, -0.15) is 0 Å². The maximum absolute atomic E-state index is 12.6. The molecule has 5 rings (SSSR count). The highest BCUT2D eigenvalue weighted by Gasteiger charge is 2.30. The zero-order valence-corrected chi connectivity index (χ0v) is 19.3. The van der Waals surface area contributed by atoms with Gasteiger partial charge in [0.2, 0.25) is 5.91 Å². The Bertz CT molecular complexity index is 1190. The maximum Gasteiger partial charge on any atom is 0.236 e. The second-order valence-electron chi connectivity index (χ2n) is 7.71. The molecule has 0 bridgehead atoms. The van der Waals surface area contributed by atoms with E-state index in [9.17, 15) is 4.79 Å². The van der Waals surface area contributed by atoms with Crippen molar-refractivity contribution in [1.82, 2.24) is 19.7 Å². The topological polar surface area (TPSA) is 85.8 Å². The molecule has 1 N–H and O–H groups in total. The van der Waals surface area contributed by atoms with E-state index >= 15 is 0 Å². The van der Waals surface area contributed by atoms with Gasteiger partial charge in [-0.1, -0.05) is 43.0 Å². The summed E-state index contributed by atoms with van der Waals surface area (Å²) in [5.74, 6) is 2.41. The molecule has 1 aliphatic rings. The Balaban J connectivity index is 1.21. The van der Waals surface area contributed by atoms with E-state index in [-0.39, 0.29) is 11.7 Å². The van der Waals surface area contributed by atoms with Gasteiger partial charge in [0.25, 0.3) is 0 Å². The van der Waals surface area contributed by atoms with Crippen LogP contribution in [0.3, 0.4) is 0 Å². The Morgan fingerprint density at radius 3 is 2.81 bits per heavy atom. The van der Waals surface area contributed by atoms with Crippen molar-refractivity contribution < 1.29 is 9.21 Å². The zero-order valence-electron chi connectivity index (χ0n) is 17.7. The molecule has 9 heteroatoms. The molecule has 0 aliphatic heterocycles. The van der Waals surface area contributed by atoms with E-state index in [1.807, 2.05) is 17.5 Å². The van der Waals surface area contributed by atoms with E-state index in [0.29, 0.717) is 17.6 Å². The van der Waals surface area contributed by atoms with Gasteiger partial charge >= 0.3 is 0 Å². The van der Waals surface area contributed by atoms with Crippen molar-refractivity contribution in [2.24, 2.45) is 0 Å². The third-order valence-corrected chi connectivity index (χ3v) is 7.05. The Morgan fingerprint density at radius 1 is 1.25 bits per heavy atom. The van der Waals surface area contributed by atoms with Gasteiger partial charge in [0, 0.05) is 16.9 Å². The van der Waals surface area contributed by atoms with Gasteiger partial charge < -0.3 is 9.73 Å². The van der Waals surface area contributed by atoms with E-state index in [0.717, 1.165) is 47.3 Å². The Hall–Kier alpha value is -2.91. The summed E-state index contributed by atoms with van der Waals surface area (Å²) in [4.78, 5) is 17.1. The number of nitrogens with zero attached hydrogens (tertiary/aromatic N) is 4. The number of aryl methyl sites for hydroxylation is 1. The SMILES string of the molecule is CCc1ccc(-c2csc(NC(=O)CSc3nnc(C4CC4)n3Cc3ccco3)n2)cc1. The number of benzene rings is 1. The molecule has 164 valence electrons. The number of anilines is 1. The third kappa shape index (κ3) is 4.78. The molecule has 0 saturated heterocycles. The van der Waals surface area contributed by atoms with Crippen LogP contribution < -0.4 is 5.32 Å². The second kappa shape index (κ2) is 9.30. The molecule has 3 heterocycles. The molecule has 1 fully saturated rings. The second-order valence-corrected chi connectivity index (χ2v) is 9.51. The van der Waals surface area contributed by atoms with Gasteiger partial charge in [-0.05, 0) is 37.0 Å². The first-order valence-electron chi connectivity index (χ1n) is 10.6. The quantitative estimate of drug-likeness (QED) is 0.341. The number of carbonyl (C=O) groups excluding carboxylic acids is 1. The average molecular weight is 466 g/mol. The van der Waals surface area contributed by atoms with E-state index in [2.05, 4.69) is 56.3 Å². The summed E-state index contributed by atoms with van der Waals surface area (Å²) >= 11 is 2.81. The van der Waals surface area contributed by atoms with Crippen molar-refractivity contribution >= 4 is 34.1 Å². The van der Waals surface area contributed by atoms with Gasteiger partial charge in [0.1, 0.15) is 11.6 Å². The molecule has 32 heavy (non-hydrogen) atoms. The Labute approximate surface area is 194 Å². The molecular formula is C23H23N5O2S2. The lowest BCUT2D eigenvalue weighted by Crippen LogP contribution is -2.14. The molecule has 3 aromatic heterocycles. The van der Waals surface area contributed by atoms with Gasteiger partial charge in [-0.3, -0.25) is 9.36 Å². The summed E-state index contributed by atoms with van der Waals surface area (Å²) in [7, 11) is 0. The van der Waals surface area contributed by atoms with Crippen LogP contribution in [0.4, 0.5) is 5.13 Å². The summed E-state index contributed by atoms with van der Waals surface area (Å²) in [6, 6.07) is 12.2. The van der Waals surface area contributed by atoms with E-state index in [1.165, 1.54) is 28.7 Å². The number of thioether (sulfide) groups is 1. The predicted octanol–water partition coefficient (Wildman–Crippen LogP) is 5.21. The number of carbonyl (C=O) groups is 1. The van der Waals surface area contributed by atoms with Gasteiger partial charge in [-0.15, -0.1) is 21.5 Å². The molecule has 7 nitrogen and oxygen atoms in total. The first-order chi connectivity index (χ1) is 15.7. The van der Waals surface area contributed by atoms with Crippen molar-refractivity contribution in [1.29, 1.82) is 0 Å². The van der Waals surface area contributed by atoms with Crippen LogP contribution in [-0.2, 0) is 17.8 Å². The number of thiazole rings is 1. The molecule has 0 atom stereocenters. The van der Waals surface area contributed by atoms with Crippen LogP contribution in [0.25, 0.3) is 11.3 Å². The van der Waals surface area contributed by atoms with E-state index < -0.39 is 0 Å². The zero-order chi connectivity index (χ0) is 21.9. The highest BCUT2D eigenvalue weighted by atomic mass is 32.2. The lowest BCUT2D eigenvalue weighted by molar-refractivity contribution is -0.113. The highest BCUT2D eigenvalue weighted by Crippen LogP contribution is 2.40. The minimum atomic E-state index is -0.113. The minimum Gasteiger partial charge on any atom is -0.467 e. The van der Waals surface area contributed by atoms with Crippen molar-refractivity contribution in [2.75, 3.05) is 11.1 Å². The largest absolute Gasteiger partial charge is 0.467 e. The van der Waals surface area contributed by atoms with Crippen molar-refractivity contribution in [3.05, 3.63) is 65.2 Å². The van der Waals surface area contributed by atoms with Crippen LogP contribution in [0.15, 0.2) is 57.6 Å². The standard InChI is InChI=1S/C23H23N5O2S2/c1-2-15-5-7-16(8-6-15)19-13-31-22(24-19)25-20(29)14-32-23-27-26-21(17-9-10-17)28(23)12-18-4-3-11-30-18/h3-8,11,13,17H,2,9-10,12,14H2,1H3,(H,24,25,29). The number of hydrogen-bond acceptors (Lipinski definition) is 7. The number of nitrogens with one attached hydrogen (secondary N) is 1. The van der Waals surface area contributed by atoms with E-state index in [1.54, 1.807) is 6.26 Å². The fourth-order valence-corrected chi connectivity index (χ4v) is 4.90. The van der Waals surface area contributed by atoms with E-state index in [4.69, 9.17) is 4.42 Å². The van der Waals surface area contributed by atoms with Gasteiger partial charge in [0.05, 0.1) is 24.3 Å². The predicted molar refractivity (Wildman–Crippen MR) is 126 cm³/mol. The number of furan rings is 1. The van der Waals surface area contributed by atoms with Crippen molar-refractivity contribution in [3.63, 3.8) is 0 Å². The van der Waals surface area contributed by atoms with Crippen molar-refractivity contribution in [3.8, 4) is 11.3 Å². The molecule has 1 aromatic carbocycles. The summed E-state index contributed by atoms with van der Waals surface area (Å²) in [5.41, 5.74) is 3.21. The maximum atomic E-state index is 12.6. The number of hydrogen-bond donors (Lipinski definition) is 1. The number of rotatable bonds is 9. The van der Waals surface area contributed by atoms with Crippen molar-refractivity contribution in [2.45, 2.75) is 43.8 Å². The minimum absolute atomic E-state index is 0.113. The Morgan fingerprint density at radius 2 is 2.09 bits per heavy atom. The molecule has 0 radical (unpaired) electrons. The molecule has 1 saturated carbocycles. The third-order valence-electron chi connectivity index (χ3n) is 5.32. The summed E-state index contributed by atoms with van der Waals surface area (Å²) in [6.07, 6.45) is 4.94. The molecule has 1 aliphatic carbocycles. The molecular weight excluding hydrogens is 442 g/mol. The molecule has 1 amide bonds. The summed E-state index contributed by atoms with van der Waals surface area (Å²) < 4.78 is 7.57. The Kier molecular flexibility index (Phi) is 6.09. The lowest BCUT2D eigenvalue weighted by atomic mass is 10.1. The smallest absolute Gasteiger partial charge is 0.236 e. The normalized spacial score (nSPS) is 13.4. The molecule has 0 spiro atoms. The van der Waals surface area contributed by atoms with Crippen LogP contribution in [0.1, 0.15) is 42.8 Å². The fourth-order valence-electron chi connectivity index (χ4n) is 3.42. The van der Waals surface area contributed by atoms with Crippen LogP contribution in [0, 0.1) is 0 Å². The number of aromatic nitrogens is 4. The van der Waals surface area contributed by atoms with Crippen LogP contribution in [0.5, 0.6) is 0 Å². The summed E-state index contributed by atoms with van der Waals surface area (Å²) in [5, 5.41) is 14.9. The van der Waals surface area contributed by atoms with Crippen LogP contribution in [-0.4, -0.2) is 31.4 Å². The molecule has 0 unspecified atom stereocenters.